The first-order chi connectivity index (χ1) is 14.8. The summed E-state index contributed by atoms with van der Waals surface area (Å²) in [5.41, 5.74) is 2.09. The van der Waals surface area contributed by atoms with Gasteiger partial charge in [-0.1, -0.05) is 6.58 Å². The van der Waals surface area contributed by atoms with Gasteiger partial charge in [0, 0.05) is 25.4 Å². The maximum absolute atomic E-state index is 13.0. The highest BCUT2D eigenvalue weighted by Gasteiger charge is 2.31. The Morgan fingerprint density at radius 3 is 2.29 bits per heavy atom. The molecule has 1 aliphatic rings. The molecule has 9 heteroatoms. The van der Waals surface area contributed by atoms with Gasteiger partial charge in [-0.15, -0.1) is 0 Å². The van der Waals surface area contributed by atoms with Gasteiger partial charge in [0.25, 0.3) is 11.5 Å². The van der Waals surface area contributed by atoms with Gasteiger partial charge in [-0.25, -0.2) is 14.5 Å². The number of anilines is 2. The molecule has 0 bridgehead atoms. The number of carbonyl (C=O) groups excluding carboxylic acids is 1. The number of carboxylic acids is 1. The number of hydrogen-bond acceptors (Lipinski definition) is 5. The molecule has 0 spiro atoms. The van der Waals surface area contributed by atoms with Gasteiger partial charge in [0.2, 0.25) is 0 Å². The van der Waals surface area contributed by atoms with E-state index >= 15 is 0 Å². The van der Waals surface area contributed by atoms with Crippen molar-refractivity contribution in [3.8, 4) is 5.69 Å². The van der Waals surface area contributed by atoms with E-state index in [1.54, 1.807) is 12.1 Å². The van der Waals surface area contributed by atoms with Crippen LogP contribution >= 0.6 is 0 Å². The molecule has 0 aliphatic carbocycles. The standard InChI is InChI=1S/C22H19N5O4/c1-12-17-19(25-27(21(17)29)16-8-4-13(5-9-16)22(30)31)24-20(28)18(12)23-14-6-10-15(11-7-14)26(2)3/h4-11,25H,1H2,2-3H3,(H,24,28)(H,30,31). The molecule has 4 rings (SSSR count). The number of nitrogens with zero attached hydrogens (tertiary/aromatic N) is 3. The van der Waals surface area contributed by atoms with Crippen LogP contribution in [0.4, 0.5) is 17.2 Å². The van der Waals surface area contributed by atoms with Gasteiger partial charge in [-0.3, -0.25) is 14.7 Å². The highest BCUT2D eigenvalue weighted by atomic mass is 16.4. The minimum absolute atomic E-state index is 0.0505. The Morgan fingerprint density at radius 2 is 1.71 bits per heavy atom. The Bertz CT molecular complexity index is 1300. The van der Waals surface area contributed by atoms with E-state index in [1.165, 1.54) is 28.9 Å². The Hall–Kier alpha value is -4.40. The maximum atomic E-state index is 13.0. The third kappa shape index (κ3) is 3.52. The van der Waals surface area contributed by atoms with Crippen LogP contribution in [0.5, 0.6) is 0 Å². The van der Waals surface area contributed by atoms with Gasteiger partial charge in [0.15, 0.2) is 0 Å². The lowest BCUT2D eigenvalue weighted by Crippen LogP contribution is -2.30. The summed E-state index contributed by atoms with van der Waals surface area (Å²) < 4.78 is 1.22. The Balaban J connectivity index is 1.72. The van der Waals surface area contributed by atoms with Crippen LogP contribution in [0, 0.1) is 0 Å². The number of fused-ring (bicyclic) bond motifs is 1. The second kappa shape index (κ2) is 7.45. The number of amides is 1. The normalized spacial score (nSPS) is 14.3. The van der Waals surface area contributed by atoms with Crippen molar-refractivity contribution in [2.45, 2.75) is 0 Å². The quantitative estimate of drug-likeness (QED) is 0.603. The predicted octanol–water partition coefficient (Wildman–Crippen LogP) is 2.67. The molecule has 156 valence electrons. The average molecular weight is 417 g/mol. The first kappa shape index (κ1) is 19.9. The minimum Gasteiger partial charge on any atom is -0.478 e. The van der Waals surface area contributed by atoms with E-state index in [4.69, 9.17) is 5.11 Å². The van der Waals surface area contributed by atoms with E-state index in [2.05, 4.69) is 22.0 Å². The molecular weight excluding hydrogens is 398 g/mol. The van der Waals surface area contributed by atoms with Crippen molar-refractivity contribution in [1.29, 1.82) is 0 Å². The van der Waals surface area contributed by atoms with Gasteiger partial charge in [0.1, 0.15) is 11.5 Å². The number of aromatic nitrogens is 2. The smallest absolute Gasteiger partial charge is 0.335 e. The van der Waals surface area contributed by atoms with Gasteiger partial charge in [0.05, 0.1) is 22.5 Å². The predicted molar refractivity (Wildman–Crippen MR) is 119 cm³/mol. The van der Waals surface area contributed by atoms with Gasteiger partial charge < -0.3 is 15.3 Å². The summed E-state index contributed by atoms with van der Waals surface area (Å²) in [7, 11) is 3.84. The van der Waals surface area contributed by atoms with E-state index in [0.29, 0.717) is 11.4 Å². The lowest BCUT2D eigenvalue weighted by molar-refractivity contribution is -0.110. The SMILES string of the molecule is C=C1C(=Nc2ccc(N(C)C)cc2)C(=O)Nc2[nH]n(-c3ccc(C(=O)O)cc3)c(=O)c21. The lowest BCUT2D eigenvalue weighted by Gasteiger charge is -2.16. The molecule has 0 fully saturated rings. The van der Waals surface area contributed by atoms with Crippen LogP contribution in [-0.4, -0.2) is 46.6 Å². The third-order valence-electron chi connectivity index (χ3n) is 4.91. The number of nitrogens with one attached hydrogen (secondary N) is 2. The fourth-order valence-corrected chi connectivity index (χ4v) is 3.24. The molecule has 2 heterocycles. The molecule has 0 unspecified atom stereocenters. The van der Waals surface area contributed by atoms with Crippen molar-refractivity contribution >= 4 is 40.4 Å². The van der Waals surface area contributed by atoms with Gasteiger partial charge >= 0.3 is 5.97 Å². The van der Waals surface area contributed by atoms with E-state index in [-0.39, 0.29) is 28.2 Å². The second-order valence-electron chi connectivity index (χ2n) is 7.16. The fourth-order valence-electron chi connectivity index (χ4n) is 3.24. The largest absolute Gasteiger partial charge is 0.478 e. The van der Waals surface area contributed by atoms with E-state index < -0.39 is 17.4 Å². The van der Waals surface area contributed by atoms with Crippen molar-refractivity contribution in [2.24, 2.45) is 4.99 Å². The number of hydrogen-bond donors (Lipinski definition) is 3. The molecular formula is C22H19N5O4. The zero-order valence-corrected chi connectivity index (χ0v) is 16.8. The lowest BCUT2D eigenvalue weighted by atomic mass is 10.0. The summed E-state index contributed by atoms with van der Waals surface area (Å²) in [4.78, 5) is 43.0. The van der Waals surface area contributed by atoms with Crippen LogP contribution in [0.25, 0.3) is 11.3 Å². The zero-order chi connectivity index (χ0) is 22.3. The van der Waals surface area contributed by atoms with E-state index in [1.807, 2.05) is 31.1 Å². The Morgan fingerprint density at radius 1 is 1.06 bits per heavy atom. The number of rotatable bonds is 4. The zero-order valence-electron chi connectivity index (χ0n) is 16.8. The first-order valence-corrected chi connectivity index (χ1v) is 9.32. The number of benzene rings is 2. The summed E-state index contributed by atoms with van der Waals surface area (Å²) in [6.07, 6.45) is 0. The first-order valence-electron chi connectivity index (χ1n) is 9.32. The topological polar surface area (TPSA) is 120 Å². The number of carboxylic acid groups (broad SMARTS) is 1. The molecule has 2 aromatic carbocycles. The summed E-state index contributed by atoms with van der Waals surface area (Å²) >= 11 is 0. The van der Waals surface area contributed by atoms with Crippen LogP contribution < -0.4 is 15.8 Å². The van der Waals surface area contributed by atoms with Crippen molar-refractivity contribution in [1.82, 2.24) is 9.78 Å². The molecule has 3 N–H and O–H groups in total. The average Bonchev–Trinajstić information content (AvgIpc) is 3.07. The molecule has 1 aromatic heterocycles. The molecule has 31 heavy (non-hydrogen) atoms. The second-order valence-corrected chi connectivity index (χ2v) is 7.16. The van der Waals surface area contributed by atoms with E-state index in [9.17, 15) is 14.4 Å². The third-order valence-corrected chi connectivity index (χ3v) is 4.91. The number of H-pyrrole nitrogens is 1. The van der Waals surface area contributed by atoms with Crippen LogP contribution in [0.3, 0.4) is 0 Å². The summed E-state index contributed by atoms with van der Waals surface area (Å²) in [6.45, 7) is 3.92. The molecule has 0 saturated carbocycles. The Kier molecular flexibility index (Phi) is 4.78. The van der Waals surface area contributed by atoms with Crippen LogP contribution in [0.1, 0.15) is 15.9 Å². The fraction of sp³-hybridized carbons (Fsp3) is 0.0909. The van der Waals surface area contributed by atoms with Crippen LogP contribution in [-0.2, 0) is 4.79 Å². The molecule has 1 aliphatic heterocycles. The molecule has 0 saturated heterocycles. The highest BCUT2D eigenvalue weighted by Crippen LogP contribution is 2.28. The summed E-state index contributed by atoms with van der Waals surface area (Å²) in [5, 5.41) is 14.5. The molecule has 0 atom stereocenters. The summed E-state index contributed by atoms with van der Waals surface area (Å²) in [5.74, 6) is -1.34. The number of aromatic amines is 1. The highest BCUT2D eigenvalue weighted by molar-refractivity contribution is 6.60. The van der Waals surface area contributed by atoms with Crippen molar-refractivity contribution in [3.05, 3.63) is 76.6 Å². The summed E-state index contributed by atoms with van der Waals surface area (Å²) in [6, 6.07) is 13.1. The van der Waals surface area contributed by atoms with Crippen LogP contribution in [0.2, 0.25) is 0 Å². The molecule has 1 amide bonds. The van der Waals surface area contributed by atoms with Crippen molar-refractivity contribution in [2.75, 3.05) is 24.3 Å². The molecule has 9 nitrogen and oxygen atoms in total. The monoisotopic (exact) mass is 417 g/mol. The van der Waals surface area contributed by atoms with E-state index in [0.717, 1.165) is 5.69 Å². The van der Waals surface area contributed by atoms with Gasteiger partial charge in [-0.05, 0) is 48.5 Å². The maximum Gasteiger partial charge on any atom is 0.335 e. The number of aliphatic imine (C=N–C) groups is 1. The molecule has 0 radical (unpaired) electrons. The van der Waals surface area contributed by atoms with Crippen molar-refractivity contribution in [3.63, 3.8) is 0 Å². The minimum atomic E-state index is -1.07. The Labute approximate surface area is 176 Å². The van der Waals surface area contributed by atoms with Crippen LogP contribution in [0.15, 0.2) is 64.9 Å². The number of carbonyl (C=O) groups is 2. The molecule has 3 aromatic rings. The van der Waals surface area contributed by atoms with Gasteiger partial charge in [-0.2, -0.15) is 0 Å². The van der Waals surface area contributed by atoms with Crippen molar-refractivity contribution < 1.29 is 14.7 Å². The number of aromatic carboxylic acids is 1.